The van der Waals surface area contributed by atoms with E-state index in [2.05, 4.69) is 4.98 Å². The van der Waals surface area contributed by atoms with Crippen molar-refractivity contribution in [3.8, 4) is 0 Å². The Hall–Kier alpha value is -3.25. The summed E-state index contributed by atoms with van der Waals surface area (Å²) < 4.78 is 5.23. The lowest BCUT2D eigenvalue weighted by atomic mass is 10.1. The molecule has 0 N–H and O–H groups in total. The maximum Gasteiger partial charge on any atom is 0.326 e. The number of aromatic nitrogens is 1. The molecule has 140 valence electrons. The molecular weight excluding hydrogens is 380 g/mol. The Kier molecular flexibility index (Phi) is 4.57. The summed E-state index contributed by atoms with van der Waals surface area (Å²) in [6.45, 7) is 1.41. The lowest BCUT2D eigenvalue weighted by molar-refractivity contribution is -0.145. The predicted molar refractivity (Wildman–Crippen MR) is 103 cm³/mol. The van der Waals surface area contributed by atoms with E-state index in [4.69, 9.17) is 16.3 Å². The van der Waals surface area contributed by atoms with Crippen LogP contribution in [0.4, 0.5) is 0 Å². The lowest BCUT2D eigenvalue weighted by Crippen LogP contribution is -2.35. The van der Waals surface area contributed by atoms with Crippen molar-refractivity contribution in [3.63, 3.8) is 0 Å². The first-order valence-corrected chi connectivity index (χ1v) is 8.98. The normalized spacial score (nSPS) is 13.1. The highest BCUT2D eigenvalue weighted by molar-refractivity contribution is 6.30. The quantitative estimate of drug-likeness (QED) is 0.384. The number of carbonyl (C=O) groups excluding carboxylic acids is 3. The van der Waals surface area contributed by atoms with Gasteiger partial charge in [-0.3, -0.25) is 19.3 Å². The molecule has 0 aliphatic carbocycles. The zero-order valence-corrected chi connectivity index (χ0v) is 15.7. The standard InChI is InChI=1S/C21H15ClN2O4/c1-12-6-7-13-9-14(19(22)23-17(13)8-12)11-28-18(25)10-24-20(26)15-4-2-3-5-16(15)21(24)27/h2-9H,10-11H2,1H3. The summed E-state index contributed by atoms with van der Waals surface area (Å²) in [6, 6.07) is 14.0. The number of imide groups is 1. The smallest absolute Gasteiger partial charge is 0.326 e. The van der Waals surface area contributed by atoms with Crippen LogP contribution in [0, 0.1) is 6.92 Å². The topological polar surface area (TPSA) is 76.6 Å². The number of halogens is 1. The third kappa shape index (κ3) is 3.23. The Bertz CT molecular complexity index is 1110. The predicted octanol–water partition coefficient (Wildman–Crippen LogP) is 3.54. The lowest BCUT2D eigenvalue weighted by Gasteiger charge is -2.13. The average Bonchev–Trinajstić information content (AvgIpc) is 2.91. The van der Waals surface area contributed by atoms with Gasteiger partial charge in [-0.05, 0) is 36.8 Å². The van der Waals surface area contributed by atoms with E-state index >= 15 is 0 Å². The summed E-state index contributed by atoms with van der Waals surface area (Å²) in [5.74, 6) is -1.70. The van der Waals surface area contributed by atoms with E-state index in [1.807, 2.05) is 25.1 Å². The van der Waals surface area contributed by atoms with Crippen LogP contribution < -0.4 is 0 Å². The molecule has 3 aromatic rings. The van der Waals surface area contributed by atoms with E-state index in [0.717, 1.165) is 21.4 Å². The van der Waals surface area contributed by atoms with Crippen molar-refractivity contribution in [2.24, 2.45) is 0 Å². The summed E-state index contributed by atoms with van der Waals surface area (Å²) in [4.78, 5) is 42.0. The molecule has 1 aromatic heterocycles. The van der Waals surface area contributed by atoms with Crippen molar-refractivity contribution in [2.75, 3.05) is 6.54 Å². The van der Waals surface area contributed by atoms with Crippen molar-refractivity contribution in [1.82, 2.24) is 9.88 Å². The molecule has 7 heteroatoms. The van der Waals surface area contributed by atoms with Crippen LogP contribution in [0.3, 0.4) is 0 Å². The van der Waals surface area contributed by atoms with Crippen LogP contribution in [0.2, 0.25) is 5.15 Å². The van der Waals surface area contributed by atoms with Crippen molar-refractivity contribution in [3.05, 3.63) is 75.9 Å². The van der Waals surface area contributed by atoms with Gasteiger partial charge in [-0.2, -0.15) is 0 Å². The highest BCUT2D eigenvalue weighted by Gasteiger charge is 2.36. The van der Waals surface area contributed by atoms with Gasteiger partial charge in [0.15, 0.2) is 0 Å². The first-order chi connectivity index (χ1) is 13.4. The van der Waals surface area contributed by atoms with Crippen LogP contribution >= 0.6 is 11.6 Å². The number of nitrogens with zero attached hydrogens (tertiary/aromatic N) is 2. The molecule has 6 nitrogen and oxygen atoms in total. The number of pyridine rings is 1. The Morgan fingerprint density at radius 1 is 1.07 bits per heavy atom. The first-order valence-electron chi connectivity index (χ1n) is 8.60. The highest BCUT2D eigenvalue weighted by Crippen LogP contribution is 2.24. The SMILES string of the molecule is Cc1ccc2cc(COC(=O)CN3C(=O)c4ccccc4C3=O)c(Cl)nc2c1. The Morgan fingerprint density at radius 3 is 2.43 bits per heavy atom. The molecular formula is C21H15ClN2O4. The van der Waals surface area contributed by atoms with Gasteiger partial charge in [0.05, 0.1) is 16.6 Å². The number of aryl methyl sites for hydroxylation is 1. The maximum absolute atomic E-state index is 12.3. The molecule has 0 unspecified atom stereocenters. The number of benzene rings is 2. The van der Waals surface area contributed by atoms with E-state index in [-0.39, 0.29) is 22.9 Å². The summed E-state index contributed by atoms with van der Waals surface area (Å²) in [6.07, 6.45) is 0. The molecule has 0 radical (unpaired) electrons. The van der Waals surface area contributed by atoms with Gasteiger partial charge in [0.1, 0.15) is 18.3 Å². The first kappa shape index (κ1) is 18.1. The zero-order chi connectivity index (χ0) is 19.8. The third-order valence-electron chi connectivity index (χ3n) is 4.55. The van der Waals surface area contributed by atoms with Crippen LogP contribution in [-0.2, 0) is 16.1 Å². The second kappa shape index (κ2) is 7.05. The average molecular weight is 395 g/mol. The fraction of sp³-hybridized carbons (Fsp3) is 0.143. The molecule has 0 spiro atoms. The second-order valence-corrected chi connectivity index (χ2v) is 6.90. The van der Waals surface area contributed by atoms with Gasteiger partial charge < -0.3 is 4.74 Å². The van der Waals surface area contributed by atoms with Crippen LogP contribution in [0.1, 0.15) is 31.8 Å². The van der Waals surface area contributed by atoms with Gasteiger partial charge in [0.25, 0.3) is 11.8 Å². The number of amides is 2. The molecule has 0 bridgehead atoms. The van der Waals surface area contributed by atoms with Crippen molar-refractivity contribution >= 4 is 40.3 Å². The van der Waals surface area contributed by atoms with Crippen molar-refractivity contribution < 1.29 is 19.1 Å². The van der Waals surface area contributed by atoms with Gasteiger partial charge in [-0.15, -0.1) is 0 Å². The molecule has 2 aromatic carbocycles. The van der Waals surface area contributed by atoms with E-state index in [1.165, 1.54) is 0 Å². The molecule has 1 aliphatic rings. The Balaban J connectivity index is 1.45. The van der Waals surface area contributed by atoms with Crippen LogP contribution in [0.5, 0.6) is 0 Å². The minimum atomic E-state index is -0.699. The highest BCUT2D eigenvalue weighted by atomic mass is 35.5. The number of hydrogen-bond donors (Lipinski definition) is 0. The molecule has 0 atom stereocenters. The van der Waals surface area contributed by atoms with Gasteiger partial charge in [0, 0.05) is 10.9 Å². The van der Waals surface area contributed by atoms with Crippen LogP contribution in [0.15, 0.2) is 48.5 Å². The van der Waals surface area contributed by atoms with Crippen LogP contribution in [-0.4, -0.2) is 34.2 Å². The van der Waals surface area contributed by atoms with Gasteiger partial charge >= 0.3 is 5.97 Å². The fourth-order valence-corrected chi connectivity index (χ4v) is 3.31. The largest absolute Gasteiger partial charge is 0.459 e. The van der Waals surface area contributed by atoms with E-state index in [9.17, 15) is 14.4 Å². The fourth-order valence-electron chi connectivity index (χ4n) is 3.11. The van der Waals surface area contributed by atoms with E-state index in [0.29, 0.717) is 5.56 Å². The molecule has 0 saturated carbocycles. The summed E-state index contributed by atoms with van der Waals surface area (Å²) in [5.41, 5.74) is 2.95. The number of ether oxygens (including phenoxy) is 1. The third-order valence-corrected chi connectivity index (χ3v) is 4.88. The summed E-state index contributed by atoms with van der Waals surface area (Å²) >= 11 is 6.20. The van der Waals surface area contributed by atoms with E-state index < -0.39 is 24.3 Å². The Labute approximate surface area is 165 Å². The molecule has 2 heterocycles. The van der Waals surface area contributed by atoms with Crippen LogP contribution in [0.25, 0.3) is 10.9 Å². The molecule has 0 saturated heterocycles. The minimum Gasteiger partial charge on any atom is -0.459 e. The number of carbonyl (C=O) groups is 3. The van der Waals surface area contributed by atoms with Gasteiger partial charge in [0.2, 0.25) is 0 Å². The Morgan fingerprint density at radius 2 is 1.75 bits per heavy atom. The molecule has 28 heavy (non-hydrogen) atoms. The summed E-state index contributed by atoms with van der Waals surface area (Å²) in [5, 5.41) is 1.12. The number of hydrogen-bond acceptors (Lipinski definition) is 5. The molecule has 4 rings (SSSR count). The number of fused-ring (bicyclic) bond motifs is 2. The van der Waals surface area contributed by atoms with Gasteiger partial charge in [-0.25, -0.2) is 4.98 Å². The molecule has 0 fully saturated rings. The van der Waals surface area contributed by atoms with Crippen molar-refractivity contribution in [2.45, 2.75) is 13.5 Å². The zero-order valence-electron chi connectivity index (χ0n) is 14.9. The molecule has 2 amide bonds. The number of rotatable bonds is 4. The monoisotopic (exact) mass is 394 g/mol. The number of esters is 1. The minimum absolute atomic E-state index is 0.0996. The van der Waals surface area contributed by atoms with E-state index in [1.54, 1.807) is 30.3 Å². The van der Waals surface area contributed by atoms with Gasteiger partial charge in [-0.1, -0.05) is 35.9 Å². The van der Waals surface area contributed by atoms with Crippen molar-refractivity contribution in [1.29, 1.82) is 0 Å². The summed E-state index contributed by atoms with van der Waals surface area (Å²) in [7, 11) is 0. The molecule has 1 aliphatic heterocycles. The second-order valence-electron chi connectivity index (χ2n) is 6.54. The maximum atomic E-state index is 12.3.